The van der Waals surface area contributed by atoms with E-state index in [-0.39, 0.29) is 5.69 Å². The van der Waals surface area contributed by atoms with Gasteiger partial charge in [-0.15, -0.1) is 0 Å². The van der Waals surface area contributed by atoms with Gasteiger partial charge in [0.25, 0.3) is 0 Å². The lowest BCUT2D eigenvalue weighted by Gasteiger charge is -2.02. The second-order valence-corrected chi connectivity index (χ2v) is 2.68. The van der Waals surface area contributed by atoms with Crippen LogP contribution < -0.4 is 5.32 Å². The van der Waals surface area contributed by atoms with Gasteiger partial charge < -0.3 is 5.32 Å². The van der Waals surface area contributed by atoms with Gasteiger partial charge in [-0.1, -0.05) is 0 Å². The molecule has 2 rings (SSSR count). The summed E-state index contributed by atoms with van der Waals surface area (Å²) < 4.78 is 30.8. The molecule has 2 nitrogen and oxygen atoms in total. The number of rotatable bonds is 0. The van der Waals surface area contributed by atoms with E-state index in [1.165, 1.54) is 0 Å². The average Bonchev–Trinajstić information content (AvgIpc) is 2.15. The van der Waals surface area contributed by atoms with Crippen molar-refractivity contribution in [3.05, 3.63) is 28.6 Å². The molecule has 0 saturated carbocycles. The number of fused-ring (bicyclic) bond motifs is 1. The van der Waals surface area contributed by atoms with Crippen molar-refractivity contribution in [3.63, 3.8) is 0 Å². The highest BCUT2D eigenvalue weighted by Gasteiger charge is 2.13. The molecule has 0 bridgehead atoms. The largest absolute Gasteiger partial charge is 0.307 e. The molecule has 2 heteroatoms. The van der Waals surface area contributed by atoms with Crippen LogP contribution in [0.25, 0.3) is 0 Å². The van der Waals surface area contributed by atoms with Gasteiger partial charge in [0.15, 0.2) is 0 Å². The number of nitrogens with one attached hydrogen (secondary N) is 1. The van der Waals surface area contributed by atoms with Crippen LogP contribution in [0.15, 0.2) is 6.07 Å². The predicted octanol–water partition coefficient (Wildman–Crippen LogP) is 1.30. The number of hydrogen-bond donors (Lipinski definition) is 1. The van der Waals surface area contributed by atoms with Crippen LogP contribution in [0, 0.1) is 13.8 Å². The van der Waals surface area contributed by atoms with E-state index < -0.39 is 13.0 Å². The second-order valence-electron chi connectivity index (χ2n) is 2.68. The van der Waals surface area contributed by atoms with Crippen LogP contribution in [-0.2, 0) is 13.0 Å². The Hall–Kier alpha value is -0.890. The molecule has 0 amide bonds. The topological polar surface area (TPSA) is 24.9 Å². The molecule has 0 aromatic carbocycles. The fraction of sp³-hybridized carbons (Fsp3) is 0.444. The summed E-state index contributed by atoms with van der Waals surface area (Å²) in [5, 5.41) is 2.31. The quantitative estimate of drug-likeness (QED) is 0.606. The highest BCUT2D eigenvalue weighted by molar-refractivity contribution is 5.33. The summed E-state index contributed by atoms with van der Waals surface area (Å²) in [4.78, 5) is 4.09. The van der Waals surface area contributed by atoms with Gasteiger partial charge in [-0.25, -0.2) is 0 Å². The minimum absolute atomic E-state index is 0.171. The Morgan fingerprint density at radius 3 is 3.18 bits per heavy atom. The summed E-state index contributed by atoms with van der Waals surface area (Å²) in [7, 11) is 0. The third-order valence-corrected chi connectivity index (χ3v) is 1.71. The van der Waals surface area contributed by atoms with Crippen LogP contribution in [-0.4, -0.2) is 4.98 Å². The molecule has 0 aliphatic carbocycles. The van der Waals surface area contributed by atoms with Crippen molar-refractivity contribution < 1.29 is 5.48 Å². The number of pyridine rings is 1. The van der Waals surface area contributed by atoms with Crippen molar-refractivity contribution in [2.45, 2.75) is 26.8 Å². The molecule has 11 heavy (non-hydrogen) atoms. The number of aromatic nitrogens is 1. The summed E-state index contributed by atoms with van der Waals surface area (Å²) >= 11 is 0. The molecule has 0 atom stereocenters. The lowest BCUT2D eigenvalue weighted by molar-refractivity contribution is 0.756. The molecule has 1 N–H and O–H groups in total. The maximum Gasteiger partial charge on any atom is 0.0592 e. The first kappa shape index (κ1) is 3.68. The lowest BCUT2D eigenvalue weighted by atomic mass is 10.1. The second kappa shape index (κ2) is 2.31. The summed E-state index contributed by atoms with van der Waals surface area (Å²) in [6.45, 7) is -0.190. The first-order valence-electron chi connectivity index (χ1n) is 5.52. The molecule has 1 aromatic heterocycles. The zero-order valence-electron chi connectivity index (χ0n) is 10.5. The fourth-order valence-corrected chi connectivity index (χ4v) is 1.24. The van der Waals surface area contributed by atoms with Gasteiger partial charge in [0, 0.05) is 24.2 Å². The Morgan fingerprint density at radius 1 is 1.55 bits per heavy atom. The highest BCUT2D eigenvalue weighted by atomic mass is 14.9. The molecule has 58 valence electrons. The average molecular weight is 152 g/mol. The molecule has 2 heterocycles. The van der Waals surface area contributed by atoms with E-state index in [4.69, 9.17) is 5.48 Å². The van der Waals surface area contributed by atoms with Crippen molar-refractivity contribution in [1.82, 2.24) is 10.3 Å². The Bertz CT molecular complexity index is 428. The first-order valence-corrected chi connectivity index (χ1v) is 3.52. The maximum atomic E-state index is 7.71. The normalized spacial score (nSPS) is 29.6. The van der Waals surface area contributed by atoms with Crippen molar-refractivity contribution in [2.75, 3.05) is 0 Å². The van der Waals surface area contributed by atoms with Crippen molar-refractivity contribution in [1.29, 1.82) is 0 Å². The van der Waals surface area contributed by atoms with E-state index >= 15 is 0 Å². The molecule has 1 aromatic rings. The molecule has 0 saturated heterocycles. The van der Waals surface area contributed by atoms with Gasteiger partial charge in [0.2, 0.25) is 0 Å². The van der Waals surface area contributed by atoms with E-state index in [0.717, 1.165) is 5.56 Å². The van der Waals surface area contributed by atoms with Gasteiger partial charge in [-0.2, -0.15) is 0 Å². The Labute approximate surface area is 72.3 Å². The molecular formula is C9H12N2. The van der Waals surface area contributed by atoms with Gasteiger partial charge in [-0.05, 0) is 31.0 Å². The van der Waals surface area contributed by atoms with E-state index in [1.807, 2.05) is 0 Å². The van der Waals surface area contributed by atoms with Crippen molar-refractivity contribution >= 4 is 0 Å². The van der Waals surface area contributed by atoms with Crippen LogP contribution in [0.4, 0.5) is 0 Å². The van der Waals surface area contributed by atoms with Crippen LogP contribution in [0.1, 0.15) is 28.0 Å². The Balaban J connectivity index is 2.75. The minimum atomic E-state index is -1.89. The number of nitrogens with zero attached hydrogens (tertiary/aromatic N) is 1. The predicted molar refractivity (Wildman–Crippen MR) is 44.3 cm³/mol. The molecular weight excluding hydrogens is 136 g/mol. The molecule has 0 fully saturated rings. The van der Waals surface area contributed by atoms with Gasteiger partial charge in [0.1, 0.15) is 0 Å². The Morgan fingerprint density at radius 2 is 2.36 bits per heavy atom. The van der Waals surface area contributed by atoms with E-state index in [0.29, 0.717) is 11.3 Å². The zero-order valence-corrected chi connectivity index (χ0v) is 6.52. The van der Waals surface area contributed by atoms with Crippen LogP contribution in [0.2, 0.25) is 0 Å². The highest BCUT2D eigenvalue weighted by Crippen LogP contribution is 2.17. The lowest BCUT2D eigenvalue weighted by Crippen LogP contribution is -2.00. The monoisotopic (exact) mass is 152 g/mol. The number of hydrogen-bond acceptors (Lipinski definition) is 2. The van der Waals surface area contributed by atoms with Crippen molar-refractivity contribution in [2.24, 2.45) is 0 Å². The standard InChI is InChI=1S/C9H12N2/c1-6-3-7(2)11-9-5-10-4-8(6)9/h3,10H,4-5H2,1-2H3/i4D2,5D2. The SMILES string of the molecule is [2H]C1([2H])NC([2H])([2H])c2c(C)cc(C)nc21. The summed E-state index contributed by atoms with van der Waals surface area (Å²) in [5.41, 5.74) is 1.94. The third kappa shape index (κ3) is 1.03. The van der Waals surface area contributed by atoms with E-state index in [9.17, 15) is 0 Å². The molecule has 1 aliphatic rings. The van der Waals surface area contributed by atoms with Crippen LogP contribution in [0.3, 0.4) is 0 Å². The van der Waals surface area contributed by atoms with Gasteiger partial charge in [0.05, 0.1) is 5.69 Å². The van der Waals surface area contributed by atoms with Crippen LogP contribution >= 0.6 is 0 Å². The van der Waals surface area contributed by atoms with E-state index in [1.54, 1.807) is 19.9 Å². The van der Waals surface area contributed by atoms with E-state index in [2.05, 4.69) is 10.3 Å². The molecule has 1 aliphatic heterocycles. The molecule has 0 spiro atoms. The first-order chi connectivity index (χ1) is 6.74. The third-order valence-electron chi connectivity index (χ3n) is 1.71. The van der Waals surface area contributed by atoms with Crippen LogP contribution in [0.5, 0.6) is 0 Å². The van der Waals surface area contributed by atoms with Crippen molar-refractivity contribution in [3.8, 4) is 0 Å². The van der Waals surface area contributed by atoms with Gasteiger partial charge in [-0.3, -0.25) is 4.98 Å². The number of aryl methyl sites for hydroxylation is 2. The van der Waals surface area contributed by atoms with Gasteiger partial charge >= 0.3 is 0 Å². The molecule has 0 radical (unpaired) electrons. The maximum absolute atomic E-state index is 7.71. The molecule has 0 unspecified atom stereocenters. The minimum Gasteiger partial charge on any atom is -0.307 e. The zero-order chi connectivity index (χ0) is 11.4. The smallest absolute Gasteiger partial charge is 0.0592 e. The summed E-state index contributed by atoms with van der Waals surface area (Å²) in [5.74, 6) is 0. The Kier molecular flexibility index (Phi) is 0.771. The summed E-state index contributed by atoms with van der Waals surface area (Å²) in [6.07, 6.45) is 0. The fourth-order valence-electron chi connectivity index (χ4n) is 1.24. The summed E-state index contributed by atoms with van der Waals surface area (Å²) in [6, 6.07) is 1.76.